The summed E-state index contributed by atoms with van der Waals surface area (Å²) in [6.07, 6.45) is 3.22. The molecule has 2 fully saturated rings. The Kier molecular flexibility index (Phi) is 4.56. The zero-order valence-electron chi connectivity index (χ0n) is 14.7. The van der Waals surface area contributed by atoms with Gasteiger partial charge in [0.05, 0.1) is 23.2 Å². The lowest BCUT2D eigenvalue weighted by Gasteiger charge is -2.43. The summed E-state index contributed by atoms with van der Waals surface area (Å²) in [5, 5.41) is 0. The van der Waals surface area contributed by atoms with Gasteiger partial charge in [0.25, 0.3) is 5.91 Å². The van der Waals surface area contributed by atoms with Gasteiger partial charge in [-0.1, -0.05) is 6.07 Å². The number of rotatable bonds is 3. The summed E-state index contributed by atoms with van der Waals surface area (Å²) in [5.41, 5.74) is 7.02. The van der Waals surface area contributed by atoms with Crippen LogP contribution in [0, 0.1) is 0 Å². The van der Waals surface area contributed by atoms with Gasteiger partial charge < -0.3 is 10.6 Å². The number of sulfone groups is 1. The molecule has 4 rings (SSSR count). The smallest absolute Gasteiger partial charge is 0.254 e. The molecule has 0 unspecified atom stereocenters. The molecule has 9 heteroatoms. The van der Waals surface area contributed by atoms with Crippen LogP contribution in [0.25, 0.3) is 0 Å². The van der Waals surface area contributed by atoms with Crippen molar-refractivity contribution in [2.75, 3.05) is 30.3 Å². The molecule has 8 nitrogen and oxygen atoms in total. The summed E-state index contributed by atoms with van der Waals surface area (Å²) in [6, 6.07) is 8.24. The third kappa shape index (κ3) is 3.65. The molecule has 27 heavy (non-hydrogen) atoms. The minimum Gasteiger partial charge on any atom is -0.384 e. The van der Waals surface area contributed by atoms with E-state index in [1.807, 2.05) is 18.2 Å². The number of nitrogen functional groups attached to an aromatic ring is 1. The van der Waals surface area contributed by atoms with Crippen LogP contribution in [0.4, 0.5) is 5.82 Å². The number of anilines is 1. The van der Waals surface area contributed by atoms with Crippen molar-refractivity contribution in [1.82, 2.24) is 19.8 Å². The highest BCUT2D eigenvalue weighted by molar-refractivity contribution is 7.91. The molecule has 4 heterocycles. The van der Waals surface area contributed by atoms with Gasteiger partial charge in [-0.3, -0.25) is 14.7 Å². The van der Waals surface area contributed by atoms with Crippen LogP contribution >= 0.6 is 0 Å². The van der Waals surface area contributed by atoms with Gasteiger partial charge in [-0.2, -0.15) is 0 Å². The Bertz CT molecular complexity index is 950. The topological polar surface area (TPSA) is 109 Å². The van der Waals surface area contributed by atoms with Gasteiger partial charge in [0.1, 0.15) is 5.82 Å². The summed E-state index contributed by atoms with van der Waals surface area (Å²) in [7, 11) is -3.20. The minimum atomic E-state index is -3.20. The van der Waals surface area contributed by atoms with Gasteiger partial charge in [-0.25, -0.2) is 13.4 Å². The lowest BCUT2D eigenvalue weighted by molar-refractivity contribution is 0.0302. The van der Waals surface area contributed by atoms with E-state index in [1.165, 1.54) is 12.3 Å². The Morgan fingerprint density at radius 2 is 1.93 bits per heavy atom. The third-order valence-corrected chi connectivity index (χ3v) is 6.87. The maximum atomic E-state index is 13.0. The summed E-state index contributed by atoms with van der Waals surface area (Å²) in [6.45, 7) is 1.63. The molecule has 2 aromatic rings. The fourth-order valence-corrected chi connectivity index (χ4v) is 5.93. The molecule has 2 atom stereocenters. The SMILES string of the molecule is Nc1cc(C(=O)N2CCN(Cc3ccccn3)[C@@H]3CS(=O)(=O)C[C@@H]32)ccn1. The largest absolute Gasteiger partial charge is 0.384 e. The first-order valence-electron chi connectivity index (χ1n) is 8.80. The van der Waals surface area contributed by atoms with Crippen LogP contribution in [0.15, 0.2) is 42.7 Å². The van der Waals surface area contributed by atoms with Crippen molar-refractivity contribution in [2.45, 2.75) is 18.6 Å². The molecule has 2 aliphatic rings. The second-order valence-electron chi connectivity index (χ2n) is 6.97. The lowest BCUT2D eigenvalue weighted by Crippen LogP contribution is -2.60. The predicted octanol–water partition coefficient (Wildman–Crippen LogP) is 0.182. The van der Waals surface area contributed by atoms with Crippen LogP contribution < -0.4 is 5.73 Å². The predicted molar refractivity (Wildman–Crippen MR) is 101 cm³/mol. The molecule has 0 aliphatic carbocycles. The van der Waals surface area contributed by atoms with E-state index in [9.17, 15) is 13.2 Å². The quantitative estimate of drug-likeness (QED) is 0.800. The number of aromatic nitrogens is 2. The molecule has 2 aliphatic heterocycles. The standard InChI is InChI=1S/C18H21N5O3S/c19-17-9-13(4-6-21-17)18(24)23-8-7-22(10-14-3-1-2-5-20-14)15-11-27(25,26)12-16(15)23/h1-6,9,15-16H,7-8,10-12H2,(H2,19,21)/t15-,16+/m1/s1. The van der Waals surface area contributed by atoms with E-state index in [-0.39, 0.29) is 35.3 Å². The molecule has 1 amide bonds. The van der Waals surface area contributed by atoms with Crippen LogP contribution in [0.2, 0.25) is 0 Å². The van der Waals surface area contributed by atoms with E-state index >= 15 is 0 Å². The van der Waals surface area contributed by atoms with E-state index in [1.54, 1.807) is 17.2 Å². The number of amides is 1. The second kappa shape index (κ2) is 6.90. The molecule has 2 aromatic heterocycles. The Hall–Kier alpha value is -2.52. The average Bonchev–Trinajstić information content (AvgIpc) is 2.98. The monoisotopic (exact) mass is 387 g/mol. The van der Waals surface area contributed by atoms with E-state index in [0.29, 0.717) is 25.2 Å². The van der Waals surface area contributed by atoms with Crippen molar-refractivity contribution in [3.05, 3.63) is 54.0 Å². The molecule has 0 aromatic carbocycles. The molecule has 142 valence electrons. The highest BCUT2D eigenvalue weighted by atomic mass is 32.2. The maximum Gasteiger partial charge on any atom is 0.254 e. The van der Waals surface area contributed by atoms with Crippen molar-refractivity contribution in [2.24, 2.45) is 0 Å². The summed E-state index contributed by atoms with van der Waals surface area (Å²) in [4.78, 5) is 25.0. The van der Waals surface area contributed by atoms with Gasteiger partial charge in [-0.05, 0) is 24.3 Å². The number of pyridine rings is 2. The molecular weight excluding hydrogens is 366 g/mol. The zero-order valence-corrected chi connectivity index (χ0v) is 15.5. The Morgan fingerprint density at radius 1 is 1.11 bits per heavy atom. The van der Waals surface area contributed by atoms with Crippen molar-refractivity contribution in [1.29, 1.82) is 0 Å². The average molecular weight is 387 g/mol. The molecular formula is C18H21N5O3S. The van der Waals surface area contributed by atoms with E-state index in [0.717, 1.165) is 5.69 Å². The third-order valence-electron chi connectivity index (χ3n) is 5.17. The number of nitrogens with two attached hydrogens (primary N) is 1. The van der Waals surface area contributed by atoms with Gasteiger partial charge in [0, 0.05) is 43.6 Å². The van der Waals surface area contributed by atoms with Crippen molar-refractivity contribution in [3.63, 3.8) is 0 Å². The Balaban J connectivity index is 1.59. The van der Waals surface area contributed by atoms with Crippen LogP contribution in [-0.4, -0.2) is 70.8 Å². The second-order valence-corrected chi connectivity index (χ2v) is 9.12. The van der Waals surface area contributed by atoms with E-state index in [2.05, 4.69) is 14.9 Å². The van der Waals surface area contributed by atoms with Gasteiger partial charge in [0.15, 0.2) is 9.84 Å². The number of carbonyl (C=O) groups excluding carboxylic acids is 1. The Morgan fingerprint density at radius 3 is 2.67 bits per heavy atom. The number of hydrogen-bond donors (Lipinski definition) is 1. The maximum absolute atomic E-state index is 13.0. The first-order valence-corrected chi connectivity index (χ1v) is 10.6. The van der Waals surface area contributed by atoms with Crippen LogP contribution in [0.5, 0.6) is 0 Å². The van der Waals surface area contributed by atoms with Gasteiger partial charge >= 0.3 is 0 Å². The normalized spacial score (nSPS) is 24.5. The molecule has 0 bridgehead atoms. The summed E-state index contributed by atoms with van der Waals surface area (Å²) in [5.74, 6) is 0.119. The number of hydrogen-bond acceptors (Lipinski definition) is 7. The first-order chi connectivity index (χ1) is 12.9. The number of fused-ring (bicyclic) bond motifs is 1. The number of nitrogens with zero attached hydrogens (tertiary/aromatic N) is 4. The molecule has 0 radical (unpaired) electrons. The molecule has 0 spiro atoms. The lowest BCUT2D eigenvalue weighted by atomic mass is 10.0. The van der Waals surface area contributed by atoms with Crippen LogP contribution in [-0.2, 0) is 16.4 Å². The highest BCUT2D eigenvalue weighted by Gasteiger charge is 2.48. The Labute approximate surface area is 157 Å². The number of carbonyl (C=O) groups is 1. The first kappa shape index (κ1) is 17.9. The van der Waals surface area contributed by atoms with Gasteiger partial charge in [-0.15, -0.1) is 0 Å². The van der Waals surface area contributed by atoms with Crippen molar-refractivity contribution in [3.8, 4) is 0 Å². The molecule has 0 saturated carbocycles. The fraction of sp³-hybridized carbons (Fsp3) is 0.389. The van der Waals surface area contributed by atoms with Crippen molar-refractivity contribution >= 4 is 21.6 Å². The fourth-order valence-electron chi connectivity index (χ4n) is 3.92. The highest BCUT2D eigenvalue weighted by Crippen LogP contribution is 2.29. The van der Waals surface area contributed by atoms with E-state index in [4.69, 9.17) is 5.73 Å². The minimum absolute atomic E-state index is 0.0112. The zero-order chi connectivity index (χ0) is 19.0. The van der Waals surface area contributed by atoms with Gasteiger partial charge in [0.2, 0.25) is 0 Å². The summed E-state index contributed by atoms with van der Waals surface area (Å²) < 4.78 is 24.7. The number of piperazine rings is 1. The summed E-state index contributed by atoms with van der Waals surface area (Å²) >= 11 is 0. The van der Waals surface area contributed by atoms with E-state index < -0.39 is 9.84 Å². The molecule has 2 N–H and O–H groups in total. The van der Waals surface area contributed by atoms with Crippen LogP contribution in [0.3, 0.4) is 0 Å². The molecule has 2 saturated heterocycles. The van der Waals surface area contributed by atoms with Crippen molar-refractivity contribution < 1.29 is 13.2 Å². The van der Waals surface area contributed by atoms with Crippen LogP contribution in [0.1, 0.15) is 16.1 Å².